The van der Waals surface area contributed by atoms with Gasteiger partial charge in [0.15, 0.2) is 0 Å². The zero-order valence-corrected chi connectivity index (χ0v) is 19.4. The molecule has 4 rings (SSSR count). The molecule has 3 aromatic rings. The first-order chi connectivity index (χ1) is 16.0. The third kappa shape index (κ3) is 5.30. The van der Waals surface area contributed by atoms with Crippen LogP contribution in [0.2, 0.25) is 0 Å². The number of hydrogen-bond donors (Lipinski definition) is 0. The van der Waals surface area contributed by atoms with Crippen LogP contribution >= 0.6 is 0 Å². The number of hydrogen-bond acceptors (Lipinski definition) is 3. The van der Waals surface area contributed by atoms with Crippen molar-refractivity contribution < 1.29 is 9.59 Å². The number of piperidine rings is 1. The first-order valence-electron chi connectivity index (χ1n) is 11.5. The van der Waals surface area contributed by atoms with Gasteiger partial charge >= 0.3 is 0 Å². The molecular weight excluding hydrogens is 410 g/mol. The molecule has 1 fully saturated rings. The molecule has 1 atom stereocenters. The lowest BCUT2D eigenvalue weighted by molar-refractivity contribution is -0.147. The average molecular weight is 442 g/mol. The normalized spacial score (nSPS) is 18.1. The molecule has 0 aliphatic carbocycles. The molecule has 1 aliphatic heterocycles. The lowest BCUT2D eigenvalue weighted by Gasteiger charge is -2.43. The maximum absolute atomic E-state index is 13.4. The van der Waals surface area contributed by atoms with Crippen molar-refractivity contribution in [1.82, 2.24) is 14.8 Å². The Hall–Kier alpha value is -3.47. The summed E-state index contributed by atoms with van der Waals surface area (Å²) in [6, 6.07) is 22.5. The highest BCUT2D eigenvalue weighted by atomic mass is 16.2. The van der Waals surface area contributed by atoms with E-state index in [-0.39, 0.29) is 11.8 Å². The van der Waals surface area contributed by atoms with Crippen LogP contribution in [0.15, 0.2) is 79.1 Å². The largest absolute Gasteiger partial charge is 0.348 e. The Morgan fingerprint density at radius 2 is 1.67 bits per heavy atom. The van der Waals surface area contributed by atoms with E-state index in [1.807, 2.05) is 35.2 Å². The van der Waals surface area contributed by atoms with Gasteiger partial charge in [-0.1, -0.05) is 60.7 Å². The van der Waals surface area contributed by atoms with Gasteiger partial charge in [0.25, 0.3) is 0 Å². The van der Waals surface area contributed by atoms with E-state index in [4.69, 9.17) is 0 Å². The molecule has 1 aliphatic rings. The number of carbonyl (C=O) groups is 2. The van der Waals surface area contributed by atoms with Gasteiger partial charge in [0.1, 0.15) is 0 Å². The van der Waals surface area contributed by atoms with Crippen molar-refractivity contribution in [2.75, 3.05) is 27.2 Å². The third-order valence-corrected chi connectivity index (χ3v) is 6.47. The summed E-state index contributed by atoms with van der Waals surface area (Å²) >= 11 is 0. The number of benzene rings is 2. The second-order valence-electron chi connectivity index (χ2n) is 9.18. The highest BCUT2D eigenvalue weighted by Gasteiger charge is 2.44. The van der Waals surface area contributed by atoms with E-state index < -0.39 is 5.41 Å². The fraction of sp³-hybridized carbons (Fsp3) is 0.321. The zero-order chi connectivity index (χ0) is 23.3. The summed E-state index contributed by atoms with van der Waals surface area (Å²) in [5.41, 5.74) is 3.73. The zero-order valence-electron chi connectivity index (χ0n) is 19.4. The van der Waals surface area contributed by atoms with Crippen LogP contribution < -0.4 is 0 Å². The molecule has 1 aromatic heterocycles. The van der Waals surface area contributed by atoms with E-state index in [1.54, 1.807) is 31.4 Å². The summed E-state index contributed by atoms with van der Waals surface area (Å²) in [6.45, 7) is 1.14. The quantitative estimate of drug-likeness (QED) is 0.575. The lowest BCUT2D eigenvalue weighted by atomic mass is 9.73. The van der Waals surface area contributed by atoms with Gasteiger partial charge in [-0.3, -0.25) is 14.6 Å². The Morgan fingerprint density at radius 3 is 2.33 bits per heavy atom. The molecule has 0 saturated carbocycles. The molecule has 5 nitrogen and oxygen atoms in total. The van der Waals surface area contributed by atoms with Crippen molar-refractivity contribution >= 4 is 11.8 Å². The Balaban J connectivity index is 1.54. The molecule has 1 saturated heterocycles. The van der Waals surface area contributed by atoms with Gasteiger partial charge in [-0.25, -0.2) is 0 Å². The maximum Gasteiger partial charge on any atom is 0.230 e. The van der Waals surface area contributed by atoms with Gasteiger partial charge in [-0.2, -0.15) is 0 Å². The lowest BCUT2D eigenvalue weighted by Crippen LogP contribution is -2.54. The number of aromatic nitrogens is 1. The van der Waals surface area contributed by atoms with Crippen molar-refractivity contribution in [1.29, 1.82) is 0 Å². The Bertz CT molecular complexity index is 1080. The molecule has 0 spiro atoms. The van der Waals surface area contributed by atoms with Crippen molar-refractivity contribution in [3.63, 3.8) is 0 Å². The molecular formula is C28H31N3O2. The minimum atomic E-state index is -0.611. The van der Waals surface area contributed by atoms with Crippen LogP contribution in [0.5, 0.6) is 0 Å². The van der Waals surface area contributed by atoms with Crippen LogP contribution in [-0.2, 0) is 22.4 Å². The average Bonchev–Trinajstić information content (AvgIpc) is 2.85. The van der Waals surface area contributed by atoms with E-state index >= 15 is 0 Å². The van der Waals surface area contributed by atoms with E-state index in [0.717, 1.165) is 29.5 Å². The molecule has 2 aromatic carbocycles. The topological polar surface area (TPSA) is 53.5 Å². The molecule has 170 valence electrons. The van der Waals surface area contributed by atoms with Crippen LogP contribution in [0.3, 0.4) is 0 Å². The van der Waals surface area contributed by atoms with Gasteiger partial charge in [0.2, 0.25) is 11.8 Å². The molecule has 5 heteroatoms. The predicted molar refractivity (Wildman–Crippen MR) is 130 cm³/mol. The first kappa shape index (κ1) is 22.7. The Morgan fingerprint density at radius 1 is 0.939 bits per heavy atom. The SMILES string of the molecule is CN(C)C(=O)[C@]1(Cc2ccc(-c3ccccc3)cc2)CCCN(C(=O)Cc2cccnc2)C1. The summed E-state index contributed by atoms with van der Waals surface area (Å²) in [5, 5.41) is 0. The molecule has 0 N–H and O–H groups in total. The van der Waals surface area contributed by atoms with Crippen molar-refractivity contribution in [2.45, 2.75) is 25.7 Å². The van der Waals surface area contributed by atoms with Crippen LogP contribution in [0.4, 0.5) is 0 Å². The van der Waals surface area contributed by atoms with Crippen LogP contribution in [0.1, 0.15) is 24.0 Å². The van der Waals surface area contributed by atoms with Gasteiger partial charge in [0.05, 0.1) is 11.8 Å². The highest BCUT2D eigenvalue weighted by Crippen LogP contribution is 2.36. The van der Waals surface area contributed by atoms with E-state index in [1.165, 1.54) is 5.56 Å². The fourth-order valence-electron chi connectivity index (χ4n) is 4.84. The van der Waals surface area contributed by atoms with E-state index in [9.17, 15) is 9.59 Å². The smallest absolute Gasteiger partial charge is 0.230 e. The van der Waals surface area contributed by atoms with Gasteiger partial charge < -0.3 is 9.80 Å². The summed E-state index contributed by atoms with van der Waals surface area (Å²) in [4.78, 5) is 34.2. The fourth-order valence-corrected chi connectivity index (χ4v) is 4.84. The molecule has 2 heterocycles. The van der Waals surface area contributed by atoms with Crippen molar-refractivity contribution in [3.8, 4) is 11.1 Å². The third-order valence-electron chi connectivity index (χ3n) is 6.47. The summed E-state index contributed by atoms with van der Waals surface area (Å²) in [7, 11) is 3.61. The standard InChI is InChI=1S/C28H31N3O2/c1-30(2)27(33)28(19-22-11-13-25(14-12-22)24-9-4-3-5-10-24)15-7-17-31(21-28)26(32)18-23-8-6-16-29-20-23/h3-6,8-14,16,20H,7,15,17-19,21H2,1-2H3/t28-/m0/s1. The minimum Gasteiger partial charge on any atom is -0.348 e. The number of carbonyl (C=O) groups excluding carboxylic acids is 2. The van der Waals surface area contributed by atoms with E-state index in [0.29, 0.717) is 25.9 Å². The van der Waals surface area contributed by atoms with Gasteiger partial charge in [-0.05, 0) is 47.6 Å². The molecule has 0 unspecified atom stereocenters. The monoisotopic (exact) mass is 441 g/mol. The van der Waals surface area contributed by atoms with Crippen LogP contribution in [0.25, 0.3) is 11.1 Å². The van der Waals surface area contributed by atoms with Gasteiger partial charge in [0, 0.05) is 39.6 Å². The molecule has 0 bridgehead atoms. The number of amides is 2. The number of pyridine rings is 1. The first-order valence-corrected chi connectivity index (χ1v) is 11.5. The minimum absolute atomic E-state index is 0.0538. The summed E-state index contributed by atoms with van der Waals surface area (Å²) < 4.78 is 0. The predicted octanol–water partition coefficient (Wildman–Crippen LogP) is 4.23. The summed E-state index contributed by atoms with van der Waals surface area (Å²) in [5.74, 6) is 0.145. The Labute approximate surface area is 196 Å². The highest BCUT2D eigenvalue weighted by molar-refractivity contribution is 5.85. The second-order valence-corrected chi connectivity index (χ2v) is 9.18. The molecule has 0 radical (unpaired) electrons. The van der Waals surface area contributed by atoms with Crippen molar-refractivity contribution in [2.24, 2.45) is 5.41 Å². The molecule has 2 amide bonds. The van der Waals surface area contributed by atoms with Crippen LogP contribution in [0, 0.1) is 5.41 Å². The van der Waals surface area contributed by atoms with Gasteiger partial charge in [-0.15, -0.1) is 0 Å². The second kappa shape index (κ2) is 9.99. The summed E-state index contributed by atoms with van der Waals surface area (Å²) in [6.07, 6.45) is 5.97. The van der Waals surface area contributed by atoms with Crippen molar-refractivity contribution in [3.05, 3.63) is 90.3 Å². The van der Waals surface area contributed by atoms with E-state index in [2.05, 4.69) is 41.4 Å². The van der Waals surface area contributed by atoms with Crippen LogP contribution in [-0.4, -0.2) is 53.8 Å². The number of rotatable bonds is 6. The number of nitrogens with zero attached hydrogens (tertiary/aromatic N) is 3. The maximum atomic E-state index is 13.4. The molecule has 33 heavy (non-hydrogen) atoms. The Kier molecular flexibility index (Phi) is 6.87. The number of likely N-dealkylation sites (tertiary alicyclic amines) is 1.